The van der Waals surface area contributed by atoms with E-state index in [4.69, 9.17) is 9.47 Å². The van der Waals surface area contributed by atoms with E-state index in [1.54, 1.807) is 13.8 Å². The summed E-state index contributed by atoms with van der Waals surface area (Å²) in [6.07, 6.45) is 21.0. The van der Waals surface area contributed by atoms with E-state index in [1.807, 2.05) is 13.8 Å². The standard InChI is InChI=1S/C28H52O5/c1-6-7-8-9-10-11-12-13-14-15-16-17-18-19-20-21-22-28(27(30)31,33-25(4)5)26(29)23-32-24(2)3/h13-14,24-25H,6-12,15-23H2,1-5H3,(H,30,31). The summed E-state index contributed by atoms with van der Waals surface area (Å²) >= 11 is 0. The van der Waals surface area contributed by atoms with Gasteiger partial charge in [-0.05, 0) is 66.2 Å². The Morgan fingerprint density at radius 2 is 1.24 bits per heavy atom. The molecule has 0 aromatic carbocycles. The molecule has 0 aliphatic carbocycles. The number of unbranched alkanes of at least 4 members (excludes halogenated alkanes) is 12. The van der Waals surface area contributed by atoms with Gasteiger partial charge in [0, 0.05) is 0 Å². The molecule has 0 bridgehead atoms. The molecule has 0 aromatic rings. The van der Waals surface area contributed by atoms with Crippen LogP contribution in [-0.2, 0) is 19.1 Å². The average molecular weight is 469 g/mol. The molecule has 0 saturated heterocycles. The van der Waals surface area contributed by atoms with Gasteiger partial charge in [0.1, 0.15) is 6.61 Å². The maximum Gasteiger partial charge on any atom is 0.343 e. The van der Waals surface area contributed by atoms with E-state index < -0.39 is 17.4 Å². The Kier molecular flexibility index (Phi) is 19.5. The van der Waals surface area contributed by atoms with Gasteiger partial charge in [0.15, 0.2) is 0 Å². The number of rotatable bonds is 23. The van der Waals surface area contributed by atoms with E-state index in [1.165, 1.54) is 57.8 Å². The van der Waals surface area contributed by atoms with Crippen LogP contribution in [0.15, 0.2) is 12.2 Å². The van der Waals surface area contributed by atoms with Gasteiger partial charge in [-0.25, -0.2) is 4.79 Å². The highest BCUT2D eigenvalue weighted by Crippen LogP contribution is 2.25. The van der Waals surface area contributed by atoms with Gasteiger partial charge in [0.05, 0.1) is 12.2 Å². The summed E-state index contributed by atoms with van der Waals surface area (Å²) in [6, 6.07) is 0. The molecule has 0 amide bonds. The van der Waals surface area contributed by atoms with Crippen LogP contribution >= 0.6 is 0 Å². The molecule has 0 saturated carbocycles. The van der Waals surface area contributed by atoms with Crippen LogP contribution in [0.1, 0.15) is 131 Å². The van der Waals surface area contributed by atoms with Crippen molar-refractivity contribution in [1.82, 2.24) is 0 Å². The summed E-state index contributed by atoms with van der Waals surface area (Å²) in [4.78, 5) is 24.7. The van der Waals surface area contributed by atoms with E-state index in [9.17, 15) is 14.7 Å². The quantitative estimate of drug-likeness (QED) is 0.0946. The predicted molar refractivity (Wildman–Crippen MR) is 137 cm³/mol. The first-order valence-corrected chi connectivity index (χ1v) is 13.5. The van der Waals surface area contributed by atoms with Crippen molar-refractivity contribution in [2.45, 2.75) is 149 Å². The van der Waals surface area contributed by atoms with Gasteiger partial charge in [-0.3, -0.25) is 4.79 Å². The highest BCUT2D eigenvalue weighted by Gasteiger charge is 2.47. The van der Waals surface area contributed by atoms with Gasteiger partial charge in [-0.1, -0.05) is 76.9 Å². The number of ketones is 1. The lowest BCUT2D eigenvalue weighted by atomic mass is 9.90. The molecule has 0 aliphatic rings. The zero-order valence-electron chi connectivity index (χ0n) is 22.2. The van der Waals surface area contributed by atoms with Crippen LogP contribution in [0, 0.1) is 0 Å². The van der Waals surface area contributed by atoms with Crippen molar-refractivity contribution in [3.8, 4) is 0 Å². The van der Waals surface area contributed by atoms with E-state index in [2.05, 4.69) is 19.1 Å². The summed E-state index contributed by atoms with van der Waals surface area (Å²) in [7, 11) is 0. The number of allylic oxidation sites excluding steroid dienone is 2. The van der Waals surface area contributed by atoms with Crippen molar-refractivity contribution in [2.24, 2.45) is 0 Å². The molecule has 33 heavy (non-hydrogen) atoms. The Morgan fingerprint density at radius 1 is 0.758 bits per heavy atom. The SMILES string of the molecule is CCCCCCCCC=CCCCCCCCCC(OC(C)C)(C(=O)O)C(=O)COC(C)C. The predicted octanol–water partition coefficient (Wildman–Crippen LogP) is 7.66. The molecule has 1 N–H and O–H groups in total. The van der Waals surface area contributed by atoms with E-state index in [0.717, 1.165) is 25.7 Å². The number of aliphatic carboxylic acids is 1. The molecule has 0 aliphatic heterocycles. The van der Waals surface area contributed by atoms with Crippen molar-refractivity contribution in [1.29, 1.82) is 0 Å². The zero-order valence-corrected chi connectivity index (χ0v) is 22.2. The van der Waals surface area contributed by atoms with Gasteiger partial charge in [-0.15, -0.1) is 0 Å². The van der Waals surface area contributed by atoms with Crippen LogP contribution in [0.4, 0.5) is 0 Å². The summed E-state index contributed by atoms with van der Waals surface area (Å²) in [5.41, 5.74) is -1.80. The molecule has 194 valence electrons. The van der Waals surface area contributed by atoms with Gasteiger partial charge < -0.3 is 14.6 Å². The minimum Gasteiger partial charge on any atom is -0.479 e. The lowest BCUT2D eigenvalue weighted by molar-refractivity contribution is -0.182. The van der Waals surface area contributed by atoms with Crippen LogP contribution in [0.3, 0.4) is 0 Å². The number of carboxylic acid groups (broad SMARTS) is 1. The fourth-order valence-corrected chi connectivity index (χ4v) is 3.92. The fourth-order valence-electron chi connectivity index (χ4n) is 3.92. The molecule has 0 radical (unpaired) electrons. The summed E-state index contributed by atoms with van der Waals surface area (Å²) in [5, 5.41) is 9.83. The van der Waals surface area contributed by atoms with Crippen LogP contribution < -0.4 is 0 Å². The van der Waals surface area contributed by atoms with Crippen molar-refractivity contribution >= 4 is 11.8 Å². The molecule has 5 nitrogen and oxygen atoms in total. The number of Topliss-reactive ketones (excluding diaryl/α,β-unsaturated/α-hetero) is 1. The first-order valence-electron chi connectivity index (χ1n) is 13.5. The Balaban J connectivity index is 4.09. The second-order valence-electron chi connectivity index (χ2n) is 9.77. The Labute approximate surface area is 203 Å². The maximum absolute atomic E-state index is 12.7. The summed E-state index contributed by atoms with van der Waals surface area (Å²) in [5.74, 6) is -1.70. The molecule has 0 heterocycles. The number of carbonyl (C=O) groups excluding carboxylic acids is 1. The molecule has 0 rings (SSSR count). The normalized spacial score (nSPS) is 13.8. The zero-order chi connectivity index (χ0) is 25.0. The number of ether oxygens (including phenoxy) is 2. The topological polar surface area (TPSA) is 72.8 Å². The van der Waals surface area contributed by atoms with Gasteiger partial charge in [0.2, 0.25) is 11.4 Å². The third kappa shape index (κ3) is 16.1. The lowest BCUT2D eigenvalue weighted by Crippen LogP contribution is -2.52. The average Bonchev–Trinajstić information content (AvgIpc) is 2.75. The second-order valence-corrected chi connectivity index (χ2v) is 9.77. The molecule has 0 fully saturated rings. The smallest absolute Gasteiger partial charge is 0.343 e. The molecular formula is C28H52O5. The van der Waals surface area contributed by atoms with E-state index >= 15 is 0 Å². The van der Waals surface area contributed by atoms with Crippen molar-refractivity contribution < 1.29 is 24.2 Å². The molecule has 0 spiro atoms. The lowest BCUT2D eigenvalue weighted by Gasteiger charge is -2.30. The van der Waals surface area contributed by atoms with Crippen molar-refractivity contribution in [2.75, 3.05) is 6.61 Å². The Bertz CT molecular complexity index is 526. The minimum atomic E-state index is -1.80. The van der Waals surface area contributed by atoms with Crippen LogP contribution in [0.2, 0.25) is 0 Å². The van der Waals surface area contributed by atoms with Gasteiger partial charge in [-0.2, -0.15) is 0 Å². The highest BCUT2D eigenvalue weighted by atomic mass is 16.5. The number of carbonyl (C=O) groups is 2. The monoisotopic (exact) mass is 468 g/mol. The van der Waals surface area contributed by atoms with Crippen molar-refractivity contribution in [3.63, 3.8) is 0 Å². The molecule has 0 aromatic heterocycles. The van der Waals surface area contributed by atoms with E-state index in [0.29, 0.717) is 6.42 Å². The Hall–Kier alpha value is -1.20. The Morgan fingerprint density at radius 3 is 1.70 bits per heavy atom. The third-order valence-electron chi connectivity index (χ3n) is 5.82. The van der Waals surface area contributed by atoms with Gasteiger partial charge >= 0.3 is 5.97 Å². The minimum absolute atomic E-state index is 0.134. The highest BCUT2D eigenvalue weighted by molar-refractivity contribution is 6.07. The maximum atomic E-state index is 12.7. The fraction of sp³-hybridized carbons (Fsp3) is 0.857. The van der Waals surface area contributed by atoms with Gasteiger partial charge in [0.25, 0.3) is 0 Å². The number of hydrogen-bond donors (Lipinski definition) is 1. The van der Waals surface area contributed by atoms with Crippen LogP contribution in [0.25, 0.3) is 0 Å². The molecular weight excluding hydrogens is 416 g/mol. The van der Waals surface area contributed by atoms with Crippen molar-refractivity contribution in [3.05, 3.63) is 12.2 Å². The molecule has 1 atom stereocenters. The summed E-state index contributed by atoms with van der Waals surface area (Å²) in [6.45, 7) is 9.19. The number of hydrogen-bond acceptors (Lipinski definition) is 4. The second kappa shape index (κ2) is 20.2. The first kappa shape index (κ1) is 31.8. The van der Waals surface area contributed by atoms with E-state index in [-0.39, 0.29) is 25.2 Å². The van der Waals surface area contributed by atoms with Crippen LogP contribution in [0.5, 0.6) is 0 Å². The molecule has 1 unspecified atom stereocenters. The number of carboxylic acids is 1. The largest absolute Gasteiger partial charge is 0.479 e. The third-order valence-corrected chi connectivity index (χ3v) is 5.82. The molecule has 5 heteroatoms. The summed E-state index contributed by atoms with van der Waals surface area (Å²) < 4.78 is 11.1. The first-order chi connectivity index (χ1) is 15.8. The van der Waals surface area contributed by atoms with Crippen LogP contribution in [-0.4, -0.2) is 41.3 Å².